The van der Waals surface area contributed by atoms with Crippen LogP contribution in [0.3, 0.4) is 0 Å². The van der Waals surface area contributed by atoms with E-state index in [0.717, 1.165) is 17.7 Å². The fourth-order valence-electron chi connectivity index (χ4n) is 1.90. The van der Waals surface area contributed by atoms with Crippen molar-refractivity contribution in [1.29, 1.82) is 0 Å². The predicted molar refractivity (Wildman–Crippen MR) is 81.4 cm³/mol. The highest BCUT2D eigenvalue weighted by molar-refractivity contribution is 7.87. The van der Waals surface area contributed by atoms with Crippen molar-refractivity contribution in [3.8, 4) is 5.75 Å². The first kappa shape index (κ1) is 16.0. The second kappa shape index (κ2) is 6.15. The Bertz CT molecular complexity index is 782. The largest absolute Gasteiger partial charge is 0.379 e. The Balaban J connectivity index is 2.34. The van der Waals surface area contributed by atoms with Gasteiger partial charge in [0.25, 0.3) is 5.69 Å². The SMILES string of the molecule is CC(C)c1ccc(OS(=O)(=O)c2ccccc2[N+](=O)[O-])cc1. The molecule has 0 N–H and O–H groups in total. The first-order valence-electron chi connectivity index (χ1n) is 6.59. The summed E-state index contributed by atoms with van der Waals surface area (Å²) in [5.41, 5.74) is 0.525. The molecule has 0 aliphatic rings. The zero-order valence-electron chi connectivity index (χ0n) is 12.1. The van der Waals surface area contributed by atoms with E-state index in [1.54, 1.807) is 12.1 Å². The average Bonchev–Trinajstić information content (AvgIpc) is 2.47. The second-order valence-electron chi connectivity index (χ2n) is 4.99. The van der Waals surface area contributed by atoms with Gasteiger partial charge in [-0.25, -0.2) is 0 Å². The smallest absolute Gasteiger partial charge is 0.346 e. The van der Waals surface area contributed by atoms with E-state index in [2.05, 4.69) is 0 Å². The molecular formula is C15H15NO5S. The lowest BCUT2D eigenvalue weighted by molar-refractivity contribution is -0.387. The first-order chi connectivity index (χ1) is 10.3. The number of para-hydroxylation sites is 1. The molecule has 116 valence electrons. The van der Waals surface area contributed by atoms with Crippen LogP contribution in [0, 0.1) is 10.1 Å². The van der Waals surface area contributed by atoms with Crippen LogP contribution in [0.1, 0.15) is 25.3 Å². The van der Waals surface area contributed by atoms with Crippen molar-refractivity contribution >= 4 is 15.8 Å². The summed E-state index contributed by atoms with van der Waals surface area (Å²) in [5.74, 6) is 0.420. The number of benzene rings is 2. The van der Waals surface area contributed by atoms with Crippen LogP contribution in [-0.4, -0.2) is 13.3 Å². The maximum absolute atomic E-state index is 12.2. The van der Waals surface area contributed by atoms with Crippen molar-refractivity contribution < 1.29 is 17.5 Å². The minimum Gasteiger partial charge on any atom is -0.379 e. The molecule has 22 heavy (non-hydrogen) atoms. The molecule has 0 spiro atoms. The lowest BCUT2D eigenvalue weighted by Crippen LogP contribution is -2.12. The molecule has 0 amide bonds. The van der Waals surface area contributed by atoms with Gasteiger partial charge in [0.2, 0.25) is 0 Å². The highest BCUT2D eigenvalue weighted by Crippen LogP contribution is 2.27. The molecule has 0 fully saturated rings. The number of hydrogen-bond acceptors (Lipinski definition) is 5. The quantitative estimate of drug-likeness (QED) is 0.478. The Morgan fingerprint density at radius 3 is 2.18 bits per heavy atom. The van der Waals surface area contributed by atoms with Crippen molar-refractivity contribution in [3.05, 3.63) is 64.2 Å². The molecule has 0 aromatic heterocycles. The average molecular weight is 321 g/mol. The van der Waals surface area contributed by atoms with Crippen molar-refractivity contribution in [2.24, 2.45) is 0 Å². The van der Waals surface area contributed by atoms with Gasteiger partial charge >= 0.3 is 10.1 Å². The third kappa shape index (κ3) is 3.43. The normalized spacial score (nSPS) is 11.4. The molecule has 2 aromatic carbocycles. The number of nitrogens with zero attached hydrogens (tertiary/aromatic N) is 1. The van der Waals surface area contributed by atoms with E-state index >= 15 is 0 Å². The summed E-state index contributed by atoms with van der Waals surface area (Å²) in [4.78, 5) is 9.71. The molecule has 0 bridgehead atoms. The van der Waals surface area contributed by atoms with Gasteiger partial charge in [0.05, 0.1) is 4.92 Å². The van der Waals surface area contributed by atoms with Gasteiger partial charge in [-0.2, -0.15) is 8.42 Å². The van der Waals surface area contributed by atoms with Crippen LogP contribution in [0.15, 0.2) is 53.4 Å². The number of rotatable bonds is 5. The summed E-state index contributed by atoms with van der Waals surface area (Å²) in [6.45, 7) is 4.03. The predicted octanol–water partition coefficient (Wildman–Crippen LogP) is 3.49. The minimum atomic E-state index is -4.26. The molecule has 0 saturated carbocycles. The van der Waals surface area contributed by atoms with Gasteiger partial charge in [0.1, 0.15) is 5.75 Å². The van der Waals surface area contributed by atoms with E-state index in [1.807, 2.05) is 13.8 Å². The highest BCUT2D eigenvalue weighted by Gasteiger charge is 2.27. The van der Waals surface area contributed by atoms with Crippen LogP contribution in [0.5, 0.6) is 5.75 Å². The third-order valence-electron chi connectivity index (χ3n) is 3.08. The van der Waals surface area contributed by atoms with Crippen LogP contribution >= 0.6 is 0 Å². The molecule has 7 heteroatoms. The Kier molecular flexibility index (Phi) is 4.46. The first-order valence-corrected chi connectivity index (χ1v) is 8.00. The van der Waals surface area contributed by atoms with Gasteiger partial charge < -0.3 is 4.18 Å². The van der Waals surface area contributed by atoms with E-state index in [9.17, 15) is 18.5 Å². The van der Waals surface area contributed by atoms with E-state index < -0.39 is 25.6 Å². The highest BCUT2D eigenvalue weighted by atomic mass is 32.2. The molecule has 2 rings (SSSR count). The number of hydrogen-bond donors (Lipinski definition) is 0. The summed E-state index contributed by atoms with van der Waals surface area (Å²) in [6, 6.07) is 11.7. The Hall–Kier alpha value is -2.41. The minimum absolute atomic E-state index is 0.113. The van der Waals surface area contributed by atoms with E-state index in [0.29, 0.717) is 5.92 Å². The molecule has 2 aromatic rings. The molecule has 0 aliphatic heterocycles. The third-order valence-corrected chi connectivity index (χ3v) is 4.38. The number of nitro benzene ring substituents is 1. The maximum Gasteiger partial charge on any atom is 0.346 e. The van der Waals surface area contributed by atoms with Gasteiger partial charge in [0.15, 0.2) is 4.90 Å². The summed E-state index contributed by atoms with van der Waals surface area (Å²) < 4.78 is 29.4. The van der Waals surface area contributed by atoms with E-state index in [1.165, 1.54) is 24.3 Å². The monoisotopic (exact) mass is 321 g/mol. The lowest BCUT2D eigenvalue weighted by Gasteiger charge is -2.09. The molecule has 6 nitrogen and oxygen atoms in total. The molecule has 0 unspecified atom stereocenters. The molecule has 0 radical (unpaired) electrons. The Morgan fingerprint density at radius 2 is 1.64 bits per heavy atom. The molecular weight excluding hydrogens is 306 g/mol. The Morgan fingerprint density at radius 1 is 1.05 bits per heavy atom. The van der Waals surface area contributed by atoms with Crippen molar-refractivity contribution in [1.82, 2.24) is 0 Å². The zero-order valence-corrected chi connectivity index (χ0v) is 12.9. The van der Waals surface area contributed by atoms with E-state index in [4.69, 9.17) is 4.18 Å². The molecule has 0 saturated heterocycles. The fourth-order valence-corrected chi connectivity index (χ4v) is 3.00. The van der Waals surface area contributed by atoms with Crippen molar-refractivity contribution in [2.45, 2.75) is 24.7 Å². The van der Waals surface area contributed by atoms with Gasteiger partial charge in [-0.05, 0) is 29.7 Å². The van der Waals surface area contributed by atoms with Crippen LogP contribution < -0.4 is 4.18 Å². The van der Waals surface area contributed by atoms with Crippen molar-refractivity contribution in [3.63, 3.8) is 0 Å². The topological polar surface area (TPSA) is 86.5 Å². The molecule has 0 heterocycles. The lowest BCUT2D eigenvalue weighted by atomic mass is 10.0. The molecule has 0 aliphatic carbocycles. The molecule has 0 atom stereocenters. The maximum atomic E-state index is 12.2. The second-order valence-corrected chi connectivity index (χ2v) is 6.50. The van der Waals surface area contributed by atoms with Crippen LogP contribution in [-0.2, 0) is 10.1 Å². The standard InChI is InChI=1S/C15H15NO5S/c1-11(2)12-7-9-13(10-8-12)21-22(19,20)15-6-4-3-5-14(15)16(17)18/h3-11H,1-2H3. The summed E-state index contributed by atoms with van der Waals surface area (Å²) in [6.07, 6.45) is 0. The van der Waals surface area contributed by atoms with Crippen LogP contribution in [0.4, 0.5) is 5.69 Å². The fraction of sp³-hybridized carbons (Fsp3) is 0.200. The van der Waals surface area contributed by atoms with Gasteiger partial charge in [0, 0.05) is 6.07 Å². The summed E-state index contributed by atoms with van der Waals surface area (Å²) in [7, 11) is -4.26. The Labute approximate surface area is 128 Å². The van der Waals surface area contributed by atoms with Crippen LogP contribution in [0.25, 0.3) is 0 Å². The van der Waals surface area contributed by atoms with E-state index in [-0.39, 0.29) is 5.75 Å². The summed E-state index contributed by atoms with van der Waals surface area (Å²) >= 11 is 0. The van der Waals surface area contributed by atoms with Gasteiger partial charge in [-0.3, -0.25) is 10.1 Å². The van der Waals surface area contributed by atoms with Gasteiger partial charge in [-0.1, -0.05) is 38.1 Å². The number of nitro groups is 1. The van der Waals surface area contributed by atoms with Gasteiger partial charge in [-0.15, -0.1) is 0 Å². The van der Waals surface area contributed by atoms with Crippen molar-refractivity contribution in [2.75, 3.05) is 0 Å². The summed E-state index contributed by atoms with van der Waals surface area (Å²) in [5, 5.41) is 10.9. The van der Waals surface area contributed by atoms with Crippen LogP contribution in [0.2, 0.25) is 0 Å². The zero-order chi connectivity index (χ0) is 16.3.